The molecule has 19 heavy (non-hydrogen) atoms. The van der Waals surface area contributed by atoms with Crippen LogP contribution in [0.3, 0.4) is 0 Å². The van der Waals surface area contributed by atoms with Gasteiger partial charge in [0.2, 0.25) is 0 Å². The predicted octanol–water partition coefficient (Wildman–Crippen LogP) is 4.92. The minimum absolute atomic E-state index is 0.656. The Morgan fingerprint density at radius 2 is 1.47 bits per heavy atom. The van der Waals surface area contributed by atoms with Gasteiger partial charge in [-0.3, -0.25) is 0 Å². The summed E-state index contributed by atoms with van der Waals surface area (Å²) in [5.41, 5.74) is 1.47. The molecule has 0 atom stereocenters. The molecule has 1 aliphatic rings. The minimum Gasteiger partial charge on any atom is -0.418 e. The van der Waals surface area contributed by atoms with Crippen molar-refractivity contribution >= 4 is 22.2 Å². The first kappa shape index (κ1) is 18.5. The van der Waals surface area contributed by atoms with Crippen molar-refractivity contribution in [3.05, 3.63) is 23.1 Å². The molecule has 0 aliphatic carbocycles. The van der Waals surface area contributed by atoms with Gasteiger partial charge in [0.25, 0.3) is 0 Å². The first-order valence-corrected chi connectivity index (χ1v) is 8.32. The van der Waals surface area contributed by atoms with Crippen molar-refractivity contribution < 1.29 is 17.3 Å². The molecule has 0 spiro atoms. The van der Waals surface area contributed by atoms with Crippen LogP contribution in [0.1, 0.15) is 41.0 Å². The van der Waals surface area contributed by atoms with Crippen LogP contribution in [0, 0.1) is 0 Å². The van der Waals surface area contributed by atoms with Gasteiger partial charge in [-0.25, -0.2) is 0 Å². The Morgan fingerprint density at radius 3 is 1.68 bits per heavy atom. The van der Waals surface area contributed by atoms with Gasteiger partial charge < -0.3 is 17.3 Å². The van der Waals surface area contributed by atoms with E-state index in [1.54, 1.807) is 0 Å². The quantitative estimate of drug-likeness (QED) is 0.300. The van der Waals surface area contributed by atoms with Crippen molar-refractivity contribution in [2.45, 2.75) is 51.5 Å². The monoisotopic (exact) mass is 298 g/mol. The minimum atomic E-state index is -6.00. The molecule has 0 N–H and O–H groups in total. The van der Waals surface area contributed by atoms with Crippen molar-refractivity contribution in [1.82, 2.24) is 0 Å². The summed E-state index contributed by atoms with van der Waals surface area (Å²) in [5, 5.41) is 6.49. The topological polar surface area (TPSA) is 0 Å². The van der Waals surface area contributed by atoms with Crippen molar-refractivity contribution in [3.63, 3.8) is 0 Å². The van der Waals surface area contributed by atoms with E-state index in [1.165, 1.54) is 5.57 Å². The number of halogens is 4. The highest BCUT2D eigenvalue weighted by atomic mass is 32.2. The Balaban J connectivity index is 0.000000555. The largest absolute Gasteiger partial charge is 0.673 e. The zero-order valence-electron chi connectivity index (χ0n) is 12.2. The summed E-state index contributed by atoms with van der Waals surface area (Å²) < 4.78 is 39.0. The van der Waals surface area contributed by atoms with E-state index >= 15 is 0 Å². The lowest BCUT2D eigenvalue weighted by Crippen LogP contribution is -2.32. The molecule has 0 aromatic carbocycles. The van der Waals surface area contributed by atoms with Crippen molar-refractivity contribution in [2.24, 2.45) is 0 Å². The molecule has 0 aromatic heterocycles. The van der Waals surface area contributed by atoms with Crippen LogP contribution in [-0.4, -0.2) is 23.1 Å². The summed E-state index contributed by atoms with van der Waals surface area (Å²) in [6.07, 6.45) is 5.84. The summed E-state index contributed by atoms with van der Waals surface area (Å²) >= 11 is 0. The molecule has 0 aromatic rings. The maximum absolute atomic E-state index is 9.75. The number of hydrogen-bond acceptors (Lipinski definition) is 0. The van der Waals surface area contributed by atoms with Gasteiger partial charge in [0.05, 0.1) is 21.3 Å². The zero-order valence-corrected chi connectivity index (χ0v) is 13.0. The van der Waals surface area contributed by atoms with Crippen LogP contribution in [0.4, 0.5) is 17.3 Å². The fraction of sp³-hybridized carbons (Fsp3) is 0.615. The Hall–Kier alpha value is -0.515. The van der Waals surface area contributed by atoms with E-state index in [2.05, 4.69) is 57.5 Å². The molecular formula is C13H23BF4S. The van der Waals surface area contributed by atoms with E-state index in [0.717, 1.165) is 16.9 Å². The summed E-state index contributed by atoms with van der Waals surface area (Å²) in [4.78, 5) is 0. The van der Waals surface area contributed by atoms with Crippen LogP contribution in [0.2, 0.25) is 0 Å². The van der Waals surface area contributed by atoms with E-state index in [4.69, 9.17) is 0 Å². The number of rotatable bonds is 3. The lowest BCUT2D eigenvalue weighted by molar-refractivity contribution is 0.368. The Labute approximate surface area is 115 Å². The molecule has 0 unspecified atom stereocenters. The predicted molar refractivity (Wildman–Crippen MR) is 81.4 cm³/mol. The van der Waals surface area contributed by atoms with Gasteiger partial charge in [-0.05, 0) is 51.8 Å². The Bertz CT molecular complexity index is 374. The highest BCUT2D eigenvalue weighted by Crippen LogP contribution is 2.26. The lowest BCUT2D eigenvalue weighted by Gasteiger charge is -2.27. The van der Waals surface area contributed by atoms with Gasteiger partial charge in [-0.15, -0.1) is 0 Å². The van der Waals surface area contributed by atoms with Crippen LogP contribution < -0.4 is 0 Å². The second-order valence-corrected chi connectivity index (χ2v) is 9.01. The van der Waals surface area contributed by atoms with Gasteiger partial charge in [0.15, 0.2) is 0 Å². The molecule has 0 fully saturated rings. The van der Waals surface area contributed by atoms with Crippen LogP contribution in [0.15, 0.2) is 23.1 Å². The fourth-order valence-electron chi connectivity index (χ4n) is 1.92. The van der Waals surface area contributed by atoms with Crippen LogP contribution in [0.25, 0.3) is 0 Å². The summed E-state index contributed by atoms with van der Waals surface area (Å²) in [5.74, 6) is 0. The first-order valence-electron chi connectivity index (χ1n) is 6.43. The molecule has 1 heterocycles. The van der Waals surface area contributed by atoms with Crippen LogP contribution >= 0.6 is 0 Å². The molecule has 0 saturated carbocycles. The average Bonchev–Trinajstić information content (AvgIpc) is 2.26. The summed E-state index contributed by atoms with van der Waals surface area (Å²) in [6.45, 7) is 11.6. The van der Waals surface area contributed by atoms with Gasteiger partial charge in [0, 0.05) is 0 Å². The van der Waals surface area contributed by atoms with Crippen molar-refractivity contribution in [3.8, 4) is 0 Å². The molecule has 0 radical (unpaired) electrons. The second-order valence-electron chi connectivity index (χ2n) is 4.94. The smallest absolute Gasteiger partial charge is 0.418 e. The normalized spacial score (nSPS) is 17.7. The van der Waals surface area contributed by atoms with E-state index in [-0.39, 0.29) is 0 Å². The summed E-state index contributed by atoms with van der Waals surface area (Å²) in [6, 6.07) is 0. The molecule has 0 bridgehead atoms. The van der Waals surface area contributed by atoms with Crippen molar-refractivity contribution in [2.75, 3.05) is 0 Å². The fourth-order valence-corrected chi connectivity index (χ4v) is 5.18. The third kappa shape index (κ3) is 6.46. The van der Waals surface area contributed by atoms with Crippen LogP contribution in [0.5, 0.6) is 0 Å². The SMILES string of the molecule is CCC1=CC=[S+](C(C)C)(C(C)C)C=C1.F[B-](F)(F)F. The standard InChI is InChI=1S/C13H23S.BF4/c1-6-13-7-9-14(10-8-13,11(2)3)12(4)5;2-1(3,4)5/h7-12H,6H2,1-5H3;/q+1;-1. The Kier molecular flexibility index (Phi) is 7.12. The summed E-state index contributed by atoms with van der Waals surface area (Å²) in [7, 11) is -6.66. The highest BCUT2D eigenvalue weighted by molar-refractivity contribution is 8.15. The van der Waals surface area contributed by atoms with E-state index in [9.17, 15) is 17.3 Å². The van der Waals surface area contributed by atoms with Gasteiger partial charge in [-0.2, -0.15) is 0 Å². The zero-order chi connectivity index (χ0) is 15.3. The maximum Gasteiger partial charge on any atom is 0.673 e. The third-order valence-corrected chi connectivity index (χ3v) is 7.56. The molecule has 0 amide bonds. The number of allylic oxidation sites excluding steroid dienone is 3. The van der Waals surface area contributed by atoms with Gasteiger partial charge in [0.1, 0.15) is 0 Å². The third-order valence-electron chi connectivity index (χ3n) is 3.08. The van der Waals surface area contributed by atoms with Gasteiger partial charge >= 0.3 is 7.25 Å². The average molecular weight is 298 g/mol. The molecule has 6 heteroatoms. The number of hydrogen-bond donors (Lipinski definition) is 0. The first-order chi connectivity index (χ1) is 8.53. The van der Waals surface area contributed by atoms with Gasteiger partial charge in [-0.1, -0.05) is 16.5 Å². The molecule has 112 valence electrons. The van der Waals surface area contributed by atoms with Crippen LogP contribution in [-0.2, 0) is 9.62 Å². The molecule has 1 aliphatic heterocycles. The molecule has 0 nitrogen and oxygen atoms in total. The lowest BCUT2D eigenvalue weighted by atomic mass is 10.2. The highest BCUT2D eigenvalue weighted by Gasteiger charge is 2.29. The Morgan fingerprint density at radius 1 is 1.05 bits per heavy atom. The molecule has 0 saturated heterocycles. The molecule has 1 rings (SSSR count). The maximum atomic E-state index is 9.75. The van der Waals surface area contributed by atoms with Crippen molar-refractivity contribution in [1.29, 1.82) is 0 Å². The van der Waals surface area contributed by atoms with E-state index < -0.39 is 16.9 Å². The molecular weight excluding hydrogens is 275 g/mol. The second kappa shape index (κ2) is 7.32. The van der Waals surface area contributed by atoms with E-state index in [0.29, 0.717) is 0 Å². The van der Waals surface area contributed by atoms with E-state index in [1.807, 2.05) is 0 Å².